The summed E-state index contributed by atoms with van der Waals surface area (Å²) in [4.78, 5) is 0. The van der Waals surface area contributed by atoms with Crippen LogP contribution in [0.1, 0.15) is 43.4 Å². The molecule has 3 heteroatoms. The molecule has 0 saturated carbocycles. The first kappa shape index (κ1) is 14.1. The Balaban J connectivity index is 2.75. The highest BCUT2D eigenvalue weighted by Gasteiger charge is 2.11. The predicted octanol–water partition coefficient (Wildman–Crippen LogP) is 2.95. The molecule has 0 radical (unpaired) electrons. The monoisotopic (exact) mass is 239 g/mol. The Hall–Kier alpha value is -0.930. The second-order valence-electron chi connectivity index (χ2n) is 4.38. The minimum absolute atomic E-state index is 0.136. The van der Waals surface area contributed by atoms with Crippen LogP contribution in [-0.2, 0) is 0 Å². The van der Waals surface area contributed by atoms with Gasteiger partial charge in [-0.05, 0) is 49.9 Å². The normalized spacial score (nSPS) is 12.7. The molecule has 0 amide bonds. The van der Waals surface area contributed by atoms with E-state index in [2.05, 4.69) is 12.2 Å². The van der Waals surface area contributed by atoms with E-state index in [1.807, 2.05) is 12.1 Å². The Labute approximate surface area is 103 Å². The van der Waals surface area contributed by atoms with Crippen LogP contribution in [0.5, 0.6) is 0 Å². The molecule has 1 atom stereocenters. The van der Waals surface area contributed by atoms with Crippen LogP contribution in [0.3, 0.4) is 0 Å². The van der Waals surface area contributed by atoms with Gasteiger partial charge in [0, 0.05) is 12.6 Å². The van der Waals surface area contributed by atoms with E-state index in [1.54, 1.807) is 13.0 Å². The molecule has 0 aliphatic heterocycles. The van der Waals surface area contributed by atoms with E-state index in [0.29, 0.717) is 5.56 Å². The van der Waals surface area contributed by atoms with Gasteiger partial charge in [-0.2, -0.15) is 0 Å². The summed E-state index contributed by atoms with van der Waals surface area (Å²) in [7, 11) is 0. The Morgan fingerprint density at radius 1 is 1.41 bits per heavy atom. The molecule has 0 fully saturated rings. The lowest BCUT2D eigenvalue weighted by molar-refractivity contribution is 0.275. The van der Waals surface area contributed by atoms with Crippen LogP contribution in [0, 0.1) is 12.7 Å². The molecule has 1 unspecified atom stereocenters. The van der Waals surface area contributed by atoms with Crippen LogP contribution < -0.4 is 5.32 Å². The molecule has 96 valence electrons. The Morgan fingerprint density at radius 2 is 2.18 bits per heavy atom. The fourth-order valence-electron chi connectivity index (χ4n) is 1.83. The summed E-state index contributed by atoms with van der Waals surface area (Å²) in [6.07, 6.45) is 2.61. The topological polar surface area (TPSA) is 32.3 Å². The summed E-state index contributed by atoms with van der Waals surface area (Å²) >= 11 is 0. The minimum Gasteiger partial charge on any atom is -0.396 e. The van der Waals surface area contributed by atoms with Gasteiger partial charge >= 0.3 is 0 Å². The van der Waals surface area contributed by atoms with Gasteiger partial charge in [0.05, 0.1) is 0 Å². The number of rotatable bonds is 7. The molecular formula is C14H22FNO. The third kappa shape index (κ3) is 4.44. The van der Waals surface area contributed by atoms with E-state index >= 15 is 0 Å². The maximum Gasteiger partial charge on any atom is 0.126 e. The first-order chi connectivity index (χ1) is 8.19. The molecular weight excluding hydrogens is 217 g/mol. The van der Waals surface area contributed by atoms with Crippen molar-refractivity contribution < 1.29 is 9.50 Å². The van der Waals surface area contributed by atoms with Crippen molar-refractivity contribution in [2.45, 2.75) is 39.2 Å². The molecule has 0 aliphatic rings. The zero-order chi connectivity index (χ0) is 12.7. The van der Waals surface area contributed by atoms with Crippen molar-refractivity contribution in [3.05, 3.63) is 35.1 Å². The van der Waals surface area contributed by atoms with Gasteiger partial charge in [-0.1, -0.05) is 19.1 Å². The van der Waals surface area contributed by atoms with E-state index in [4.69, 9.17) is 5.11 Å². The van der Waals surface area contributed by atoms with E-state index < -0.39 is 0 Å². The molecule has 1 aromatic rings. The summed E-state index contributed by atoms with van der Waals surface area (Å²) in [5.41, 5.74) is 1.64. The largest absolute Gasteiger partial charge is 0.396 e. The Morgan fingerprint density at radius 3 is 2.76 bits per heavy atom. The lowest BCUT2D eigenvalue weighted by Crippen LogP contribution is -2.22. The van der Waals surface area contributed by atoms with Crippen LogP contribution in [0.25, 0.3) is 0 Å². The summed E-state index contributed by atoms with van der Waals surface area (Å²) in [6.45, 7) is 4.96. The van der Waals surface area contributed by atoms with Crippen molar-refractivity contribution in [3.8, 4) is 0 Å². The SMILES string of the molecule is CCCNC(CCCO)c1ccc(C)c(F)c1. The lowest BCUT2D eigenvalue weighted by Gasteiger charge is -2.19. The molecule has 1 aromatic carbocycles. The van der Waals surface area contributed by atoms with E-state index in [9.17, 15) is 4.39 Å². The number of aliphatic hydroxyl groups is 1. The van der Waals surface area contributed by atoms with Crippen LogP contribution in [-0.4, -0.2) is 18.3 Å². The highest BCUT2D eigenvalue weighted by atomic mass is 19.1. The maximum atomic E-state index is 13.5. The standard InChI is InChI=1S/C14H22FNO/c1-3-8-16-14(5-4-9-17)12-7-6-11(2)13(15)10-12/h6-7,10,14,16-17H,3-5,8-9H2,1-2H3. The first-order valence-corrected chi connectivity index (χ1v) is 6.29. The lowest BCUT2D eigenvalue weighted by atomic mass is 10.0. The van der Waals surface area contributed by atoms with E-state index in [-0.39, 0.29) is 18.5 Å². The number of aliphatic hydroxyl groups excluding tert-OH is 1. The number of hydrogen-bond acceptors (Lipinski definition) is 2. The van der Waals surface area contributed by atoms with Crippen LogP contribution in [0.2, 0.25) is 0 Å². The van der Waals surface area contributed by atoms with Gasteiger partial charge in [0.15, 0.2) is 0 Å². The molecule has 2 N–H and O–H groups in total. The van der Waals surface area contributed by atoms with Crippen molar-refractivity contribution in [2.75, 3.05) is 13.2 Å². The second kappa shape index (κ2) is 7.41. The quantitative estimate of drug-likeness (QED) is 0.766. The fourth-order valence-corrected chi connectivity index (χ4v) is 1.83. The van der Waals surface area contributed by atoms with Crippen LogP contribution >= 0.6 is 0 Å². The van der Waals surface area contributed by atoms with Crippen LogP contribution in [0.15, 0.2) is 18.2 Å². The highest BCUT2D eigenvalue weighted by molar-refractivity contribution is 5.25. The number of benzene rings is 1. The number of nitrogens with one attached hydrogen (secondary N) is 1. The molecule has 0 heterocycles. The molecule has 0 saturated heterocycles. The third-order valence-electron chi connectivity index (χ3n) is 2.89. The molecule has 1 rings (SSSR count). The van der Waals surface area contributed by atoms with Gasteiger partial charge in [0.1, 0.15) is 5.82 Å². The molecule has 2 nitrogen and oxygen atoms in total. The highest BCUT2D eigenvalue weighted by Crippen LogP contribution is 2.20. The van der Waals surface area contributed by atoms with Gasteiger partial charge in [-0.25, -0.2) is 4.39 Å². The summed E-state index contributed by atoms with van der Waals surface area (Å²) < 4.78 is 13.5. The van der Waals surface area contributed by atoms with Gasteiger partial charge in [0.25, 0.3) is 0 Å². The van der Waals surface area contributed by atoms with Crippen LogP contribution in [0.4, 0.5) is 4.39 Å². The third-order valence-corrected chi connectivity index (χ3v) is 2.89. The summed E-state index contributed by atoms with van der Waals surface area (Å²) in [5, 5.41) is 12.3. The average Bonchev–Trinajstić information content (AvgIpc) is 2.33. The second-order valence-corrected chi connectivity index (χ2v) is 4.38. The van der Waals surface area contributed by atoms with Gasteiger partial charge < -0.3 is 10.4 Å². The molecule has 0 aliphatic carbocycles. The van der Waals surface area contributed by atoms with E-state index in [1.165, 1.54) is 0 Å². The summed E-state index contributed by atoms with van der Waals surface area (Å²) in [6, 6.07) is 5.50. The van der Waals surface area contributed by atoms with Gasteiger partial charge in [-0.3, -0.25) is 0 Å². The molecule has 0 aromatic heterocycles. The molecule has 0 bridgehead atoms. The van der Waals surface area contributed by atoms with Gasteiger partial charge in [-0.15, -0.1) is 0 Å². The maximum absolute atomic E-state index is 13.5. The number of hydrogen-bond donors (Lipinski definition) is 2. The molecule has 0 spiro atoms. The zero-order valence-corrected chi connectivity index (χ0v) is 10.7. The fraction of sp³-hybridized carbons (Fsp3) is 0.571. The zero-order valence-electron chi connectivity index (χ0n) is 10.7. The number of halogens is 1. The Kier molecular flexibility index (Phi) is 6.16. The van der Waals surface area contributed by atoms with Crippen molar-refractivity contribution in [3.63, 3.8) is 0 Å². The van der Waals surface area contributed by atoms with Crippen molar-refractivity contribution in [1.82, 2.24) is 5.32 Å². The van der Waals surface area contributed by atoms with Crippen molar-refractivity contribution in [1.29, 1.82) is 0 Å². The number of aryl methyl sites for hydroxylation is 1. The van der Waals surface area contributed by atoms with E-state index in [0.717, 1.165) is 31.4 Å². The predicted molar refractivity (Wildman–Crippen MR) is 68.5 cm³/mol. The Bertz CT molecular complexity index is 333. The van der Waals surface area contributed by atoms with Gasteiger partial charge in [0.2, 0.25) is 0 Å². The van der Waals surface area contributed by atoms with Crippen molar-refractivity contribution in [2.24, 2.45) is 0 Å². The first-order valence-electron chi connectivity index (χ1n) is 6.29. The average molecular weight is 239 g/mol. The smallest absolute Gasteiger partial charge is 0.126 e. The minimum atomic E-state index is -0.158. The summed E-state index contributed by atoms with van der Waals surface area (Å²) in [5.74, 6) is -0.158. The van der Waals surface area contributed by atoms with Crippen molar-refractivity contribution >= 4 is 0 Å². The molecule has 17 heavy (non-hydrogen) atoms.